The van der Waals surface area contributed by atoms with Crippen LogP contribution in [0.25, 0.3) is 0 Å². The second kappa shape index (κ2) is 7.60. The summed E-state index contributed by atoms with van der Waals surface area (Å²) in [6.45, 7) is 0.849. The molecule has 1 aliphatic rings. The van der Waals surface area contributed by atoms with Gasteiger partial charge in [-0.25, -0.2) is 0 Å². The van der Waals surface area contributed by atoms with Gasteiger partial charge in [-0.15, -0.1) is 0 Å². The highest BCUT2D eigenvalue weighted by Crippen LogP contribution is 2.30. The number of nitro benzene ring substituents is 1. The van der Waals surface area contributed by atoms with Crippen molar-refractivity contribution < 1.29 is 23.9 Å². The van der Waals surface area contributed by atoms with Gasteiger partial charge in [-0.2, -0.15) is 0 Å². The number of carbonyl (C=O) groups is 1. The van der Waals surface area contributed by atoms with Crippen molar-refractivity contribution in [2.75, 3.05) is 26.9 Å². The Balaban J connectivity index is 1.87. The number of rotatable bonds is 7. The lowest BCUT2D eigenvalue weighted by Crippen LogP contribution is -2.35. The van der Waals surface area contributed by atoms with Crippen LogP contribution in [0.3, 0.4) is 0 Å². The number of carbonyl (C=O) groups excluding carboxylic acids is 1. The number of nitrogens with one attached hydrogen (secondary N) is 1. The monoisotopic (exact) mass is 310 g/mol. The molecule has 0 saturated carbocycles. The molecule has 120 valence electrons. The minimum atomic E-state index is -0.581. The average molecular weight is 310 g/mol. The van der Waals surface area contributed by atoms with Crippen LogP contribution in [-0.4, -0.2) is 43.8 Å². The summed E-state index contributed by atoms with van der Waals surface area (Å²) in [5.74, 6) is 0.0283. The zero-order valence-corrected chi connectivity index (χ0v) is 12.2. The molecular weight excluding hydrogens is 292 g/mol. The maximum atomic E-state index is 11.7. The molecule has 8 nitrogen and oxygen atoms in total. The molecule has 1 fully saturated rings. The van der Waals surface area contributed by atoms with Crippen LogP contribution in [0.2, 0.25) is 0 Å². The third kappa shape index (κ3) is 4.32. The highest BCUT2D eigenvalue weighted by molar-refractivity contribution is 5.77. The molecule has 1 aromatic carbocycles. The Kier molecular flexibility index (Phi) is 5.54. The second-order valence-electron chi connectivity index (χ2n) is 4.82. The minimum absolute atomic E-state index is 0.0260. The van der Waals surface area contributed by atoms with E-state index in [2.05, 4.69) is 5.32 Å². The fourth-order valence-electron chi connectivity index (χ4n) is 2.12. The molecule has 0 aliphatic carbocycles. The molecule has 0 radical (unpaired) electrons. The van der Waals surface area contributed by atoms with Crippen molar-refractivity contribution in [2.45, 2.75) is 18.9 Å². The van der Waals surface area contributed by atoms with E-state index >= 15 is 0 Å². The summed E-state index contributed by atoms with van der Waals surface area (Å²) in [4.78, 5) is 22.1. The van der Waals surface area contributed by atoms with Crippen LogP contribution < -0.4 is 14.8 Å². The van der Waals surface area contributed by atoms with Crippen molar-refractivity contribution in [3.8, 4) is 11.5 Å². The number of hydrogen-bond acceptors (Lipinski definition) is 6. The molecule has 1 aliphatic heterocycles. The predicted octanol–water partition coefficient (Wildman–Crippen LogP) is 1.28. The molecule has 0 aromatic heterocycles. The number of hydrogen-bond donors (Lipinski definition) is 1. The van der Waals surface area contributed by atoms with E-state index in [0.29, 0.717) is 12.3 Å². The van der Waals surface area contributed by atoms with E-state index < -0.39 is 4.92 Å². The molecular formula is C14H18N2O6. The lowest BCUT2D eigenvalue weighted by molar-refractivity contribution is -0.385. The van der Waals surface area contributed by atoms with Crippen LogP contribution in [0.5, 0.6) is 11.5 Å². The fourth-order valence-corrected chi connectivity index (χ4v) is 2.12. The molecule has 1 saturated heterocycles. The lowest BCUT2D eigenvalue weighted by atomic mass is 10.2. The standard InChI is InChI=1S/C14H18N2O6/c1-20-10-4-5-13(12(7-10)16(18)19)22-9-14(17)15-8-11-3-2-6-21-11/h4-5,7,11H,2-3,6,8-9H2,1H3,(H,15,17)/t11-/m1/s1. The quantitative estimate of drug-likeness (QED) is 0.601. The summed E-state index contributed by atoms with van der Waals surface area (Å²) in [7, 11) is 1.41. The zero-order valence-electron chi connectivity index (χ0n) is 12.2. The summed E-state index contributed by atoms with van der Waals surface area (Å²) in [6, 6.07) is 4.19. The first-order valence-electron chi connectivity index (χ1n) is 6.93. The van der Waals surface area contributed by atoms with Crippen molar-refractivity contribution in [1.82, 2.24) is 5.32 Å². The van der Waals surface area contributed by atoms with Crippen LogP contribution in [-0.2, 0) is 9.53 Å². The zero-order chi connectivity index (χ0) is 15.9. The van der Waals surface area contributed by atoms with Crippen molar-refractivity contribution in [2.24, 2.45) is 0 Å². The van der Waals surface area contributed by atoms with Gasteiger partial charge >= 0.3 is 5.69 Å². The van der Waals surface area contributed by atoms with E-state index in [1.807, 2.05) is 0 Å². The molecule has 1 atom stereocenters. The number of methoxy groups -OCH3 is 1. The van der Waals surface area contributed by atoms with Gasteiger partial charge in [-0.3, -0.25) is 14.9 Å². The van der Waals surface area contributed by atoms with Crippen molar-refractivity contribution in [3.05, 3.63) is 28.3 Å². The Morgan fingerprint density at radius 2 is 2.36 bits per heavy atom. The van der Waals surface area contributed by atoms with Crippen LogP contribution in [0.15, 0.2) is 18.2 Å². The van der Waals surface area contributed by atoms with Crippen LogP contribution in [0, 0.1) is 10.1 Å². The summed E-state index contributed by atoms with van der Waals surface area (Å²) in [5.41, 5.74) is -0.244. The smallest absolute Gasteiger partial charge is 0.314 e. The van der Waals surface area contributed by atoms with Crippen LogP contribution >= 0.6 is 0 Å². The van der Waals surface area contributed by atoms with Crippen LogP contribution in [0.1, 0.15) is 12.8 Å². The topological polar surface area (TPSA) is 99.9 Å². The van der Waals surface area contributed by atoms with E-state index in [-0.39, 0.29) is 30.1 Å². The molecule has 1 N–H and O–H groups in total. The minimum Gasteiger partial charge on any atom is -0.496 e. The Morgan fingerprint density at radius 3 is 3.00 bits per heavy atom. The Morgan fingerprint density at radius 1 is 1.55 bits per heavy atom. The number of nitro groups is 1. The van der Waals surface area contributed by atoms with Crippen LogP contribution in [0.4, 0.5) is 5.69 Å². The third-order valence-corrected chi connectivity index (χ3v) is 3.27. The van der Waals surface area contributed by atoms with E-state index in [9.17, 15) is 14.9 Å². The summed E-state index contributed by atoms with van der Waals surface area (Å²) in [5, 5.41) is 13.7. The van der Waals surface area contributed by atoms with Gasteiger partial charge in [0.2, 0.25) is 0 Å². The first-order chi connectivity index (χ1) is 10.6. The fraction of sp³-hybridized carbons (Fsp3) is 0.500. The highest BCUT2D eigenvalue weighted by Gasteiger charge is 2.19. The van der Waals surface area contributed by atoms with Gasteiger partial charge in [-0.1, -0.05) is 0 Å². The van der Waals surface area contributed by atoms with Gasteiger partial charge in [0.05, 0.1) is 24.2 Å². The van der Waals surface area contributed by atoms with Crippen molar-refractivity contribution in [1.29, 1.82) is 0 Å². The molecule has 1 aromatic rings. The maximum Gasteiger partial charge on any atom is 0.314 e. The number of ether oxygens (including phenoxy) is 3. The van der Waals surface area contributed by atoms with Gasteiger partial charge in [0.1, 0.15) is 5.75 Å². The number of nitrogens with zero attached hydrogens (tertiary/aromatic N) is 1. The average Bonchev–Trinajstić information content (AvgIpc) is 3.04. The molecule has 0 unspecified atom stereocenters. The summed E-state index contributed by atoms with van der Waals surface area (Å²) >= 11 is 0. The SMILES string of the molecule is COc1ccc(OCC(=O)NC[C@H]2CCCO2)c([N+](=O)[O-])c1. The van der Waals surface area contributed by atoms with E-state index in [1.165, 1.54) is 25.3 Å². The lowest BCUT2D eigenvalue weighted by Gasteiger charge is -2.11. The second-order valence-corrected chi connectivity index (χ2v) is 4.82. The first kappa shape index (κ1) is 16.0. The van der Waals surface area contributed by atoms with Crippen molar-refractivity contribution >= 4 is 11.6 Å². The number of amides is 1. The van der Waals surface area contributed by atoms with E-state index in [1.54, 1.807) is 0 Å². The van der Waals surface area contributed by atoms with Gasteiger partial charge < -0.3 is 19.5 Å². The van der Waals surface area contributed by atoms with Gasteiger partial charge in [0, 0.05) is 13.2 Å². The molecule has 1 heterocycles. The maximum absolute atomic E-state index is 11.7. The summed E-state index contributed by atoms with van der Waals surface area (Å²) < 4.78 is 15.5. The Hall–Kier alpha value is -2.35. The first-order valence-corrected chi connectivity index (χ1v) is 6.93. The van der Waals surface area contributed by atoms with Gasteiger partial charge in [0.15, 0.2) is 12.4 Å². The molecule has 0 bridgehead atoms. The van der Waals surface area contributed by atoms with Gasteiger partial charge in [0.25, 0.3) is 5.91 Å². The Labute approximate surface area is 127 Å². The van der Waals surface area contributed by atoms with E-state index in [4.69, 9.17) is 14.2 Å². The third-order valence-electron chi connectivity index (χ3n) is 3.27. The predicted molar refractivity (Wildman–Crippen MR) is 77.1 cm³/mol. The molecule has 1 amide bonds. The highest BCUT2D eigenvalue weighted by atomic mass is 16.6. The van der Waals surface area contributed by atoms with E-state index in [0.717, 1.165) is 19.4 Å². The normalized spacial score (nSPS) is 17.0. The van der Waals surface area contributed by atoms with Crippen molar-refractivity contribution in [3.63, 3.8) is 0 Å². The largest absolute Gasteiger partial charge is 0.496 e. The summed E-state index contributed by atoms with van der Waals surface area (Å²) in [6.07, 6.45) is 1.96. The molecule has 8 heteroatoms. The molecule has 22 heavy (non-hydrogen) atoms. The number of benzene rings is 1. The molecule has 2 rings (SSSR count). The van der Waals surface area contributed by atoms with Gasteiger partial charge in [-0.05, 0) is 25.0 Å². The molecule has 0 spiro atoms. The Bertz CT molecular complexity index is 542.